The summed E-state index contributed by atoms with van der Waals surface area (Å²) in [5.74, 6) is 0. The molecule has 0 radical (unpaired) electrons. The Balaban J connectivity index is 1.63. The van der Waals surface area contributed by atoms with Gasteiger partial charge in [0.25, 0.3) is 0 Å². The fraction of sp³-hybridized carbons (Fsp3) is 0.391. The molecule has 0 N–H and O–H groups in total. The fourth-order valence-electron chi connectivity index (χ4n) is 5.13. The number of rotatable bonds is 2. The van der Waals surface area contributed by atoms with Gasteiger partial charge in [0, 0.05) is 35.7 Å². The third-order valence-electron chi connectivity index (χ3n) is 6.35. The molecule has 1 aromatic heterocycles. The first-order chi connectivity index (χ1) is 12.2. The van der Waals surface area contributed by atoms with Crippen LogP contribution in [-0.2, 0) is 13.0 Å². The summed E-state index contributed by atoms with van der Waals surface area (Å²) < 4.78 is 2.63. The highest BCUT2D eigenvalue weighted by Gasteiger charge is 2.36. The van der Waals surface area contributed by atoms with E-state index in [-0.39, 0.29) is 0 Å². The van der Waals surface area contributed by atoms with E-state index >= 15 is 0 Å². The Morgan fingerprint density at radius 2 is 1.88 bits per heavy atom. The van der Waals surface area contributed by atoms with Crippen molar-refractivity contribution >= 4 is 10.9 Å². The monoisotopic (exact) mass is 330 g/mol. The minimum absolute atomic E-state index is 0.477. The Hall–Kier alpha value is -2.06. The standard InChI is InChI=1S/C23H26N2/c1-16-11-12-21-20(15-16)19-9-6-10-22-23(19)25(21)14-13-24(22)17(2)18-7-4-3-5-8-18/h3-5,7-8,11-12,15,17,22H,6,9-10,13-14H2,1-2H3/t17-,22?/m0/s1. The summed E-state index contributed by atoms with van der Waals surface area (Å²) in [5, 5.41) is 1.51. The van der Waals surface area contributed by atoms with Crippen molar-refractivity contribution in [2.45, 2.75) is 51.7 Å². The van der Waals surface area contributed by atoms with Crippen molar-refractivity contribution < 1.29 is 0 Å². The SMILES string of the molecule is Cc1ccc2c(c1)c1c3n2CCN([C@@H](C)c2ccccc2)C3CCC1. The van der Waals surface area contributed by atoms with Gasteiger partial charge in [-0.2, -0.15) is 0 Å². The number of hydrogen-bond donors (Lipinski definition) is 0. The van der Waals surface area contributed by atoms with Crippen LogP contribution < -0.4 is 0 Å². The molecule has 0 saturated heterocycles. The van der Waals surface area contributed by atoms with Crippen LogP contribution in [-0.4, -0.2) is 16.0 Å². The Morgan fingerprint density at radius 3 is 2.72 bits per heavy atom. The minimum atomic E-state index is 0.477. The van der Waals surface area contributed by atoms with Crippen LogP contribution in [0.15, 0.2) is 48.5 Å². The van der Waals surface area contributed by atoms with Crippen LogP contribution >= 0.6 is 0 Å². The summed E-state index contributed by atoms with van der Waals surface area (Å²) in [6, 6.07) is 19.1. The number of aryl methyl sites for hydroxylation is 2. The van der Waals surface area contributed by atoms with E-state index in [1.807, 2.05) is 0 Å². The Bertz CT molecular complexity index is 922. The van der Waals surface area contributed by atoms with Gasteiger partial charge in [0.05, 0.1) is 6.04 Å². The van der Waals surface area contributed by atoms with Gasteiger partial charge in [-0.3, -0.25) is 4.90 Å². The smallest absolute Gasteiger partial charge is 0.0510 e. The third-order valence-corrected chi connectivity index (χ3v) is 6.35. The van der Waals surface area contributed by atoms with E-state index in [0.717, 1.165) is 13.1 Å². The van der Waals surface area contributed by atoms with E-state index in [1.54, 1.807) is 11.3 Å². The molecular formula is C23H26N2. The van der Waals surface area contributed by atoms with Crippen LogP contribution in [0, 0.1) is 6.92 Å². The molecule has 0 spiro atoms. The largest absolute Gasteiger partial charge is 0.342 e. The first-order valence-corrected chi connectivity index (χ1v) is 9.66. The molecule has 2 aliphatic rings. The van der Waals surface area contributed by atoms with E-state index in [4.69, 9.17) is 0 Å². The van der Waals surface area contributed by atoms with E-state index < -0.39 is 0 Å². The molecular weight excluding hydrogens is 304 g/mol. The molecule has 3 aromatic rings. The summed E-state index contributed by atoms with van der Waals surface area (Å²) in [5.41, 5.74) is 7.51. The first kappa shape index (κ1) is 15.2. The lowest BCUT2D eigenvalue weighted by atomic mass is 9.88. The molecule has 2 nitrogen and oxygen atoms in total. The van der Waals surface area contributed by atoms with Crippen LogP contribution in [0.25, 0.3) is 10.9 Å². The summed E-state index contributed by atoms with van der Waals surface area (Å²) in [7, 11) is 0. The highest BCUT2D eigenvalue weighted by atomic mass is 15.3. The maximum atomic E-state index is 2.75. The van der Waals surface area contributed by atoms with Crippen LogP contribution in [0.2, 0.25) is 0 Å². The van der Waals surface area contributed by atoms with Gasteiger partial charge in [0.1, 0.15) is 0 Å². The number of fused-ring (bicyclic) bond motifs is 3. The summed E-state index contributed by atoms with van der Waals surface area (Å²) in [6.45, 7) is 6.85. The second kappa shape index (κ2) is 5.74. The maximum absolute atomic E-state index is 2.75. The number of nitrogens with zero attached hydrogens (tertiary/aromatic N) is 2. The van der Waals surface area contributed by atoms with Gasteiger partial charge in [-0.05, 0) is 56.4 Å². The molecule has 2 atom stereocenters. The van der Waals surface area contributed by atoms with Crippen molar-refractivity contribution in [3.8, 4) is 0 Å². The Labute approximate surface area is 150 Å². The molecule has 0 amide bonds. The highest BCUT2D eigenvalue weighted by molar-refractivity contribution is 5.87. The van der Waals surface area contributed by atoms with E-state index in [1.165, 1.54) is 41.3 Å². The van der Waals surface area contributed by atoms with Crippen molar-refractivity contribution in [2.24, 2.45) is 0 Å². The second-order valence-corrected chi connectivity index (χ2v) is 7.77. The molecule has 1 unspecified atom stereocenters. The third kappa shape index (κ3) is 2.27. The molecule has 0 fully saturated rings. The fourth-order valence-corrected chi connectivity index (χ4v) is 5.13. The van der Waals surface area contributed by atoms with Crippen molar-refractivity contribution in [1.29, 1.82) is 0 Å². The van der Waals surface area contributed by atoms with Crippen LogP contribution in [0.1, 0.15) is 54.2 Å². The second-order valence-electron chi connectivity index (χ2n) is 7.77. The number of benzene rings is 2. The van der Waals surface area contributed by atoms with Crippen LogP contribution in [0.5, 0.6) is 0 Å². The quantitative estimate of drug-likeness (QED) is 0.610. The van der Waals surface area contributed by atoms with Crippen molar-refractivity contribution in [3.05, 3.63) is 70.9 Å². The van der Waals surface area contributed by atoms with Gasteiger partial charge in [0.15, 0.2) is 0 Å². The van der Waals surface area contributed by atoms with Crippen molar-refractivity contribution in [1.82, 2.24) is 9.47 Å². The zero-order chi connectivity index (χ0) is 17.0. The predicted molar refractivity (Wildman–Crippen MR) is 104 cm³/mol. The summed E-state index contributed by atoms with van der Waals surface area (Å²) >= 11 is 0. The number of aromatic nitrogens is 1. The normalized spacial score (nSPS) is 21.3. The van der Waals surface area contributed by atoms with Gasteiger partial charge in [-0.1, -0.05) is 42.0 Å². The molecule has 0 saturated carbocycles. The topological polar surface area (TPSA) is 8.17 Å². The molecule has 5 rings (SSSR count). The molecule has 2 heteroatoms. The lowest BCUT2D eigenvalue weighted by Crippen LogP contribution is -2.41. The van der Waals surface area contributed by atoms with Gasteiger partial charge >= 0.3 is 0 Å². The molecule has 2 aromatic carbocycles. The summed E-state index contributed by atoms with van der Waals surface area (Å²) in [6.07, 6.45) is 3.84. The predicted octanol–water partition coefficient (Wildman–Crippen LogP) is 5.40. The zero-order valence-corrected chi connectivity index (χ0v) is 15.2. The van der Waals surface area contributed by atoms with Gasteiger partial charge in [0.2, 0.25) is 0 Å². The molecule has 1 aliphatic heterocycles. The van der Waals surface area contributed by atoms with E-state index in [0.29, 0.717) is 12.1 Å². The molecule has 25 heavy (non-hydrogen) atoms. The highest BCUT2D eigenvalue weighted by Crippen LogP contribution is 2.45. The minimum Gasteiger partial charge on any atom is -0.342 e. The van der Waals surface area contributed by atoms with Gasteiger partial charge < -0.3 is 4.57 Å². The Kier molecular flexibility index (Phi) is 3.49. The molecule has 0 bridgehead atoms. The molecule has 128 valence electrons. The summed E-state index contributed by atoms with van der Waals surface area (Å²) in [4.78, 5) is 2.75. The average Bonchev–Trinajstić information content (AvgIpc) is 2.97. The Morgan fingerprint density at radius 1 is 1.04 bits per heavy atom. The van der Waals surface area contributed by atoms with Gasteiger partial charge in [-0.15, -0.1) is 0 Å². The maximum Gasteiger partial charge on any atom is 0.0510 e. The lowest BCUT2D eigenvalue weighted by molar-refractivity contribution is 0.0973. The van der Waals surface area contributed by atoms with E-state index in [9.17, 15) is 0 Å². The van der Waals surface area contributed by atoms with Crippen molar-refractivity contribution in [3.63, 3.8) is 0 Å². The first-order valence-electron chi connectivity index (χ1n) is 9.66. The van der Waals surface area contributed by atoms with Crippen LogP contribution in [0.4, 0.5) is 0 Å². The number of hydrogen-bond acceptors (Lipinski definition) is 1. The molecule has 2 heterocycles. The van der Waals surface area contributed by atoms with E-state index in [2.05, 4.69) is 71.8 Å². The average molecular weight is 330 g/mol. The van der Waals surface area contributed by atoms with Gasteiger partial charge in [-0.25, -0.2) is 0 Å². The lowest BCUT2D eigenvalue weighted by Gasteiger charge is -2.43. The zero-order valence-electron chi connectivity index (χ0n) is 15.2. The van der Waals surface area contributed by atoms with Crippen LogP contribution in [0.3, 0.4) is 0 Å². The van der Waals surface area contributed by atoms with Crippen molar-refractivity contribution in [2.75, 3.05) is 6.54 Å². The molecule has 1 aliphatic carbocycles.